The Labute approximate surface area is 183 Å². The van der Waals surface area contributed by atoms with Crippen LogP contribution in [-0.2, 0) is 0 Å². The summed E-state index contributed by atoms with van der Waals surface area (Å²) in [4.78, 5) is 9.36. The molecule has 10 heteroatoms. The van der Waals surface area contributed by atoms with Crippen molar-refractivity contribution in [2.24, 2.45) is 5.73 Å². The van der Waals surface area contributed by atoms with Gasteiger partial charge in [0.25, 0.3) is 0 Å². The lowest BCUT2D eigenvalue weighted by molar-refractivity contribution is -0.146. The molecule has 2 atom stereocenters. The van der Waals surface area contributed by atoms with Gasteiger partial charge in [-0.25, -0.2) is 4.98 Å². The lowest BCUT2D eigenvalue weighted by atomic mass is 9.99. The van der Waals surface area contributed by atoms with Gasteiger partial charge in [0, 0.05) is 21.3 Å². The summed E-state index contributed by atoms with van der Waals surface area (Å²) in [6.45, 7) is 1.14. The minimum atomic E-state index is -4.32. The first-order valence-corrected chi connectivity index (χ1v) is 10.9. The van der Waals surface area contributed by atoms with Crippen molar-refractivity contribution in [2.75, 3.05) is 5.73 Å². The SMILES string of the molecule is CC(c1ccnc(-c2cccc3cc([C@H](N)c4nc(N)sc4Cl)sc23)c1)C(F)(F)F. The monoisotopic (exact) mass is 468 g/mol. The van der Waals surface area contributed by atoms with Crippen molar-refractivity contribution in [1.29, 1.82) is 0 Å². The normalized spacial score (nSPS) is 14.2. The number of fused-ring (bicyclic) bond motifs is 1. The van der Waals surface area contributed by atoms with Gasteiger partial charge in [-0.1, -0.05) is 41.1 Å². The summed E-state index contributed by atoms with van der Waals surface area (Å²) in [5.74, 6) is -1.58. The molecular weight excluding hydrogens is 453 g/mol. The van der Waals surface area contributed by atoms with E-state index in [4.69, 9.17) is 23.1 Å². The number of halogens is 4. The smallest absolute Gasteiger partial charge is 0.375 e. The Morgan fingerprint density at radius 2 is 1.90 bits per heavy atom. The fraction of sp³-hybridized carbons (Fsp3) is 0.200. The van der Waals surface area contributed by atoms with E-state index in [1.54, 1.807) is 0 Å². The molecule has 0 saturated heterocycles. The molecule has 0 aliphatic heterocycles. The Bertz CT molecular complexity index is 1220. The fourth-order valence-corrected chi connectivity index (χ4v) is 5.34. The number of nitrogens with two attached hydrogens (primary N) is 2. The van der Waals surface area contributed by atoms with Gasteiger partial charge in [-0.3, -0.25) is 4.98 Å². The van der Waals surface area contributed by atoms with Crippen LogP contribution in [0.3, 0.4) is 0 Å². The van der Waals surface area contributed by atoms with E-state index in [9.17, 15) is 13.2 Å². The molecule has 1 aromatic carbocycles. The van der Waals surface area contributed by atoms with Gasteiger partial charge in [0.15, 0.2) is 5.13 Å². The highest BCUT2D eigenvalue weighted by molar-refractivity contribution is 7.20. The van der Waals surface area contributed by atoms with Gasteiger partial charge >= 0.3 is 6.18 Å². The molecule has 4 rings (SSSR count). The van der Waals surface area contributed by atoms with Crippen LogP contribution in [0.4, 0.5) is 18.3 Å². The second kappa shape index (κ2) is 7.81. The Balaban J connectivity index is 1.78. The summed E-state index contributed by atoms with van der Waals surface area (Å²) in [6, 6.07) is 9.87. The molecule has 156 valence electrons. The number of hydrogen-bond donors (Lipinski definition) is 2. The zero-order chi connectivity index (χ0) is 21.6. The van der Waals surface area contributed by atoms with Gasteiger partial charge in [-0.2, -0.15) is 13.2 Å². The van der Waals surface area contributed by atoms with E-state index in [-0.39, 0.29) is 5.56 Å². The Kier molecular flexibility index (Phi) is 5.48. The molecule has 0 bridgehead atoms. The quantitative estimate of drug-likeness (QED) is 0.365. The summed E-state index contributed by atoms with van der Waals surface area (Å²) >= 11 is 8.80. The molecule has 1 unspecified atom stereocenters. The van der Waals surface area contributed by atoms with Crippen molar-refractivity contribution < 1.29 is 13.2 Å². The standard InChI is InChI=1S/C20H16ClF3N4S2/c1-9(20(22,23)24)10-5-6-27-13(7-10)12-4-2-3-11-8-14(29-17(11)12)15(25)16-18(21)30-19(26)28-16/h2-9,15H,25H2,1H3,(H2,26,28)/t9?,15-/m0/s1. The largest absolute Gasteiger partial charge is 0.395 e. The van der Waals surface area contributed by atoms with E-state index < -0.39 is 18.1 Å². The highest BCUT2D eigenvalue weighted by Gasteiger charge is 2.37. The lowest BCUT2D eigenvalue weighted by Crippen LogP contribution is -2.17. The average Bonchev–Trinajstić information content (AvgIpc) is 3.28. The second-order valence-corrected chi connectivity index (χ2v) is 9.52. The van der Waals surface area contributed by atoms with E-state index >= 15 is 0 Å². The topological polar surface area (TPSA) is 77.8 Å². The first-order chi connectivity index (χ1) is 14.1. The van der Waals surface area contributed by atoms with Crippen LogP contribution in [0.5, 0.6) is 0 Å². The number of thiophene rings is 1. The van der Waals surface area contributed by atoms with Crippen molar-refractivity contribution in [1.82, 2.24) is 9.97 Å². The maximum atomic E-state index is 13.2. The van der Waals surface area contributed by atoms with Gasteiger partial charge < -0.3 is 11.5 Å². The van der Waals surface area contributed by atoms with Gasteiger partial charge in [-0.15, -0.1) is 11.3 Å². The van der Waals surface area contributed by atoms with Gasteiger partial charge in [-0.05, 0) is 36.1 Å². The van der Waals surface area contributed by atoms with Crippen LogP contribution >= 0.6 is 34.3 Å². The second-order valence-electron chi connectivity index (χ2n) is 6.80. The number of rotatable bonds is 4. The zero-order valence-electron chi connectivity index (χ0n) is 15.6. The van der Waals surface area contributed by atoms with Crippen molar-refractivity contribution in [3.63, 3.8) is 0 Å². The van der Waals surface area contributed by atoms with Crippen molar-refractivity contribution in [3.05, 3.63) is 63.1 Å². The first kappa shape index (κ1) is 21.0. The van der Waals surface area contributed by atoms with Gasteiger partial charge in [0.1, 0.15) is 4.34 Å². The molecule has 4 nitrogen and oxygen atoms in total. The molecule has 4 N–H and O–H groups in total. The highest BCUT2D eigenvalue weighted by atomic mass is 35.5. The maximum Gasteiger partial charge on any atom is 0.395 e. The van der Waals surface area contributed by atoms with Crippen molar-refractivity contribution in [2.45, 2.75) is 25.1 Å². The molecule has 3 heterocycles. The zero-order valence-corrected chi connectivity index (χ0v) is 18.0. The molecule has 0 saturated carbocycles. The number of thiazole rings is 1. The van der Waals surface area contributed by atoms with Crippen LogP contribution in [0.2, 0.25) is 4.34 Å². The highest BCUT2D eigenvalue weighted by Crippen LogP contribution is 2.41. The fourth-order valence-electron chi connectivity index (χ4n) is 3.15. The Morgan fingerprint density at radius 1 is 1.13 bits per heavy atom. The number of nitrogens with zero attached hydrogens (tertiary/aromatic N) is 2. The molecule has 3 aromatic heterocycles. The molecule has 30 heavy (non-hydrogen) atoms. The number of benzene rings is 1. The van der Waals surface area contributed by atoms with Crippen LogP contribution in [0, 0.1) is 0 Å². The molecule has 0 amide bonds. The number of hydrogen-bond acceptors (Lipinski definition) is 6. The number of aromatic nitrogens is 2. The molecule has 0 aliphatic rings. The molecule has 0 fully saturated rings. The van der Waals surface area contributed by atoms with Crippen LogP contribution in [0.1, 0.15) is 35.0 Å². The van der Waals surface area contributed by atoms with Crippen LogP contribution < -0.4 is 11.5 Å². The molecule has 0 spiro atoms. The number of pyridine rings is 1. The molecule has 0 aliphatic carbocycles. The summed E-state index contributed by atoms with van der Waals surface area (Å²) in [7, 11) is 0. The number of alkyl halides is 3. The van der Waals surface area contributed by atoms with E-state index in [1.165, 1.54) is 29.7 Å². The van der Waals surface area contributed by atoms with Crippen molar-refractivity contribution in [3.8, 4) is 11.3 Å². The first-order valence-electron chi connectivity index (χ1n) is 8.88. The third kappa shape index (κ3) is 3.90. The van der Waals surface area contributed by atoms with Crippen LogP contribution in [0.15, 0.2) is 42.6 Å². The summed E-state index contributed by atoms with van der Waals surface area (Å²) in [5.41, 5.74) is 14.0. The van der Waals surface area contributed by atoms with Crippen molar-refractivity contribution >= 4 is 49.5 Å². The third-order valence-corrected chi connectivity index (χ3v) is 7.22. The minimum Gasteiger partial charge on any atom is -0.375 e. The Hall–Kier alpha value is -2.20. The number of nitrogen functional groups attached to an aromatic ring is 1. The molecule has 0 radical (unpaired) electrons. The van der Waals surface area contributed by atoms with E-state index in [1.807, 2.05) is 24.3 Å². The van der Waals surface area contributed by atoms with Gasteiger partial charge in [0.05, 0.1) is 23.3 Å². The lowest BCUT2D eigenvalue weighted by Gasteiger charge is -2.16. The van der Waals surface area contributed by atoms with Crippen LogP contribution in [0.25, 0.3) is 21.3 Å². The molecular formula is C20H16ClF3N4S2. The third-order valence-electron chi connectivity index (χ3n) is 4.84. The van der Waals surface area contributed by atoms with Gasteiger partial charge in [0.2, 0.25) is 0 Å². The Morgan fingerprint density at radius 3 is 2.57 bits per heavy atom. The summed E-state index contributed by atoms with van der Waals surface area (Å²) < 4.78 is 40.8. The average molecular weight is 469 g/mol. The minimum absolute atomic E-state index is 0.169. The number of anilines is 1. The molecule has 4 aromatic rings. The maximum absolute atomic E-state index is 13.2. The summed E-state index contributed by atoms with van der Waals surface area (Å²) in [5, 5.41) is 1.25. The predicted molar refractivity (Wildman–Crippen MR) is 117 cm³/mol. The van der Waals surface area contributed by atoms with E-state index in [0.29, 0.717) is 20.9 Å². The van der Waals surface area contributed by atoms with Crippen LogP contribution in [-0.4, -0.2) is 16.1 Å². The van der Waals surface area contributed by atoms with E-state index in [0.717, 1.165) is 38.8 Å². The van der Waals surface area contributed by atoms with E-state index in [2.05, 4.69) is 9.97 Å². The predicted octanol–water partition coefficient (Wildman–Crippen LogP) is 6.37. The summed E-state index contributed by atoms with van der Waals surface area (Å²) in [6.07, 6.45) is -2.91.